The van der Waals surface area contributed by atoms with Gasteiger partial charge in [-0.3, -0.25) is 0 Å². The molecule has 1 heterocycles. The van der Waals surface area contributed by atoms with Crippen LogP contribution in [0.15, 0.2) is 24.5 Å². The average molecular weight is 523 g/mol. The molecule has 0 spiro atoms. The normalized spacial score (nSPS) is 13.5. The van der Waals surface area contributed by atoms with Crippen LogP contribution in [0.25, 0.3) is 4.13 Å². The molecule has 0 aromatic carbocycles. The molecule has 0 N–H and O–H groups in total. The summed E-state index contributed by atoms with van der Waals surface area (Å²) in [6.07, 6.45) is 4.10. The van der Waals surface area contributed by atoms with Gasteiger partial charge < -0.3 is 17.4 Å². The van der Waals surface area contributed by atoms with Gasteiger partial charge in [0.1, 0.15) is 0 Å². The summed E-state index contributed by atoms with van der Waals surface area (Å²) in [5, 5.41) is 0. The standard InChI is InChI=1S/C11H20NO3Si.C2F6NO4S2/c1-11-5-7-12(8-6-11)9-10-16(13-2,14-3)15-4;3-1(4,5)14(10,11)9-15(12,13)2(6,7)8/h5-8H,9-10H2,1-4H3;/q+1;-1. The topological polar surface area (TPSA) is 114 Å². The molecule has 0 fully saturated rings. The number of hydrogen-bond acceptors (Lipinski definition) is 7. The maximum Gasteiger partial charge on any atom is 0.506 e. The highest BCUT2D eigenvalue weighted by Gasteiger charge is 2.47. The Hall–Kier alpha value is -1.31. The monoisotopic (exact) mass is 522 g/mol. The first-order valence-corrected chi connectivity index (χ1v) is 12.7. The van der Waals surface area contributed by atoms with Gasteiger partial charge in [-0.1, -0.05) is 0 Å². The maximum absolute atomic E-state index is 11.4. The van der Waals surface area contributed by atoms with Crippen LogP contribution in [-0.2, 0) is 39.9 Å². The number of aromatic nitrogens is 1. The molecular weight excluding hydrogens is 502 g/mol. The van der Waals surface area contributed by atoms with Crippen LogP contribution in [-0.4, -0.2) is 58.0 Å². The summed E-state index contributed by atoms with van der Waals surface area (Å²) in [6, 6.07) is 4.93. The van der Waals surface area contributed by atoms with Crippen molar-refractivity contribution in [3.8, 4) is 0 Å². The van der Waals surface area contributed by atoms with Gasteiger partial charge in [0.15, 0.2) is 39.0 Å². The third-order valence-corrected chi connectivity index (χ3v) is 8.89. The molecule has 1 rings (SSSR count). The Balaban J connectivity index is 0.000000582. The van der Waals surface area contributed by atoms with E-state index in [-0.39, 0.29) is 0 Å². The van der Waals surface area contributed by atoms with Crippen molar-refractivity contribution in [1.82, 2.24) is 0 Å². The first-order chi connectivity index (χ1) is 13.9. The highest BCUT2D eigenvalue weighted by atomic mass is 32.3. The third kappa shape index (κ3) is 8.98. The predicted molar refractivity (Wildman–Crippen MR) is 96.3 cm³/mol. The Morgan fingerprint density at radius 3 is 1.52 bits per heavy atom. The number of hydrogen-bond donors (Lipinski definition) is 0. The van der Waals surface area contributed by atoms with Gasteiger partial charge in [-0.05, 0) is 12.5 Å². The second-order valence-electron chi connectivity index (χ2n) is 5.57. The highest BCUT2D eigenvalue weighted by molar-refractivity contribution is 8.13. The van der Waals surface area contributed by atoms with Crippen molar-refractivity contribution in [3.63, 3.8) is 0 Å². The largest absolute Gasteiger partial charge is 0.506 e. The number of aryl methyl sites for hydroxylation is 2. The Kier molecular flexibility index (Phi) is 10.5. The van der Waals surface area contributed by atoms with Crippen LogP contribution in [0.4, 0.5) is 26.3 Å². The number of pyridine rings is 1. The smallest absolute Gasteiger partial charge is 0.421 e. The van der Waals surface area contributed by atoms with Gasteiger partial charge >= 0.3 is 19.8 Å². The molecular formula is C13H20F6N2O7S2Si. The van der Waals surface area contributed by atoms with Gasteiger partial charge in [-0.2, -0.15) is 26.3 Å². The van der Waals surface area contributed by atoms with Crippen molar-refractivity contribution < 1.29 is 61.0 Å². The second kappa shape index (κ2) is 11.0. The zero-order chi connectivity index (χ0) is 24.7. The van der Waals surface area contributed by atoms with Crippen LogP contribution in [0.3, 0.4) is 0 Å². The molecule has 0 atom stereocenters. The summed E-state index contributed by atoms with van der Waals surface area (Å²) in [4.78, 5) is 0. The lowest BCUT2D eigenvalue weighted by Gasteiger charge is -2.22. The minimum Gasteiger partial charge on any atom is -0.421 e. The zero-order valence-electron chi connectivity index (χ0n) is 16.6. The van der Waals surface area contributed by atoms with Crippen molar-refractivity contribution in [2.75, 3.05) is 21.3 Å². The summed E-state index contributed by atoms with van der Waals surface area (Å²) in [5.74, 6) is 0. The molecule has 1 aromatic rings. The van der Waals surface area contributed by atoms with Crippen LogP contribution in [0.2, 0.25) is 6.04 Å². The Morgan fingerprint density at radius 2 is 1.23 bits per heavy atom. The number of nitrogens with zero attached hydrogens (tertiary/aromatic N) is 2. The van der Waals surface area contributed by atoms with E-state index in [2.05, 4.69) is 36.0 Å². The van der Waals surface area contributed by atoms with Crippen molar-refractivity contribution >= 4 is 28.9 Å². The van der Waals surface area contributed by atoms with Crippen molar-refractivity contribution in [3.05, 3.63) is 34.2 Å². The zero-order valence-corrected chi connectivity index (χ0v) is 19.2. The molecule has 0 amide bonds. The summed E-state index contributed by atoms with van der Waals surface area (Å²) in [7, 11) is -11.0. The van der Waals surface area contributed by atoms with Gasteiger partial charge in [0.25, 0.3) is 0 Å². The SMILES string of the molecule is CO[Si](CC[n+]1ccc(C)cc1)(OC)OC.O=S(=O)([N-]S(=O)(=O)C(F)(F)F)C(F)(F)F. The van der Waals surface area contributed by atoms with Gasteiger partial charge in [0.2, 0.25) is 0 Å². The second-order valence-corrected chi connectivity index (χ2v) is 12.1. The summed E-state index contributed by atoms with van der Waals surface area (Å²) >= 11 is 0. The molecule has 31 heavy (non-hydrogen) atoms. The van der Waals surface area contributed by atoms with E-state index in [4.69, 9.17) is 13.3 Å². The molecule has 0 aliphatic heterocycles. The molecule has 0 radical (unpaired) electrons. The first-order valence-electron chi connectivity index (χ1n) is 7.84. The Bertz CT molecular complexity index is 851. The number of sulfonamides is 2. The molecule has 0 saturated heterocycles. The van der Waals surface area contributed by atoms with E-state index in [1.807, 2.05) is 0 Å². The molecule has 1 aromatic heterocycles. The van der Waals surface area contributed by atoms with E-state index in [1.165, 1.54) is 5.56 Å². The predicted octanol–water partition coefficient (Wildman–Crippen LogP) is 2.22. The lowest BCUT2D eigenvalue weighted by atomic mass is 10.3. The first kappa shape index (κ1) is 29.7. The molecule has 0 bridgehead atoms. The van der Waals surface area contributed by atoms with E-state index in [9.17, 15) is 43.2 Å². The maximum atomic E-state index is 11.4. The summed E-state index contributed by atoms with van der Waals surface area (Å²) in [6.45, 7) is 2.91. The molecule has 18 heteroatoms. The number of halogens is 6. The van der Waals surface area contributed by atoms with Crippen molar-refractivity contribution in [2.45, 2.75) is 30.5 Å². The fraction of sp³-hybridized carbons (Fsp3) is 0.615. The number of rotatable bonds is 8. The average Bonchev–Trinajstić information content (AvgIpc) is 2.62. The van der Waals surface area contributed by atoms with Gasteiger partial charge in [0.05, 0.1) is 6.04 Å². The molecule has 9 nitrogen and oxygen atoms in total. The van der Waals surface area contributed by atoms with Gasteiger partial charge in [-0.25, -0.2) is 21.4 Å². The van der Waals surface area contributed by atoms with Gasteiger partial charge in [-0.15, -0.1) is 0 Å². The van der Waals surface area contributed by atoms with E-state index in [1.54, 1.807) is 21.3 Å². The molecule has 0 saturated carbocycles. The van der Waals surface area contributed by atoms with Crippen molar-refractivity contribution in [1.29, 1.82) is 0 Å². The fourth-order valence-corrected chi connectivity index (χ4v) is 5.07. The van der Waals surface area contributed by atoms with Crippen LogP contribution in [0.1, 0.15) is 5.56 Å². The van der Waals surface area contributed by atoms with Crippen LogP contribution >= 0.6 is 0 Å². The third-order valence-electron chi connectivity index (χ3n) is 3.45. The van der Waals surface area contributed by atoms with Crippen molar-refractivity contribution in [2.24, 2.45) is 0 Å². The minimum atomic E-state index is -6.72. The van der Waals surface area contributed by atoms with Crippen LogP contribution < -0.4 is 4.57 Å². The van der Waals surface area contributed by atoms with E-state index >= 15 is 0 Å². The lowest BCUT2D eigenvalue weighted by Crippen LogP contribution is -2.47. The van der Waals surface area contributed by atoms with Crippen LogP contribution in [0.5, 0.6) is 0 Å². The molecule has 182 valence electrons. The Labute approximate surface area is 176 Å². The van der Waals surface area contributed by atoms with E-state index in [0.717, 1.165) is 16.7 Å². The molecule has 0 aliphatic rings. The Morgan fingerprint density at radius 1 is 0.871 bits per heavy atom. The van der Waals surface area contributed by atoms with Gasteiger partial charge in [0, 0.05) is 33.5 Å². The summed E-state index contributed by atoms with van der Waals surface area (Å²) in [5.41, 5.74) is -11.2. The van der Waals surface area contributed by atoms with Crippen LogP contribution in [0, 0.1) is 6.92 Å². The molecule has 0 aliphatic carbocycles. The van der Waals surface area contributed by atoms with E-state index in [0.29, 0.717) is 0 Å². The van der Waals surface area contributed by atoms with E-state index < -0.39 is 39.9 Å². The number of alkyl halides is 6. The highest BCUT2D eigenvalue weighted by Crippen LogP contribution is 2.36. The molecule has 0 unspecified atom stereocenters. The minimum absolute atomic E-state index is 0.768. The summed E-state index contributed by atoms with van der Waals surface area (Å²) < 4.78 is 127. The quantitative estimate of drug-likeness (QED) is 0.292. The fourth-order valence-electron chi connectivity index (χ4n) is 1.72. The lowest BCUT2D eigenvalue weighted by molar-refractivity contribution is -0.694.